The molecule has 1 nitrogen and oxygen atoms in total. The summed E-state index contributed by atoms with van der Waals surface area (Å²) in [5.74, 6) is 0. The monoisotopic (exact) mass is 650 g/mol. The van der Waals surface area contributed by atoms with Gasteiger partial charge in [-0.1, -0.05) is 0 Å². The van der Waals surface area contributed by atoms with E-state index in [0.29, 0.717) is 0 Å². The Hall–Kier alpha value is 6.40. The molecular formula is H6BiCaCuLaOSrY. The standard InChI is InChI=1S/Bi.Ca.Cu.La.H2O.Sr.Y.4H/h;;;;1H2;;;;;;/q;+2;;;;+2;;4*-1. The first-order valence-corrected chi connectivity index (χ1v) is 0. The van der Waals surface area contributed by atoms with Crippen molar-refractivity contribution in [3.63, 3.8) is 0 Å². The topological polar surface area (TPSA) is 31.5 Å². The van der Waals surface area contributed by atoms with Crippen molar-refractivity contribution in [2.45, 2.75) is 0 Å². The average molecular weight is 650 g/mol. The van der Waals surface area contributed by atoms with Crippen LogP contribution in [0.1, 0.15) is 5.71 Å². The fourth-order valence-electron chi connectivity index (χ4n) is 0. The molecule has 0 atom stereocenters. The van der Waals surface area contributed by atoms with Crippen LogP contribution in [0.5, 0.6) is 0 Å². The first-order chi connectivity index (χ1) is 0. The second kappa shape index (κ2) is 39.3. The van der Waals surface area contributed by atoms with Crippen LogP contribution < -0.4 is 0 Å². The second-order valence-corrected chi connectivity index (χ2v) is 0. The van der Waals surface area contributed by atoms with Gasteiger partial charge in [0, 0.05) is 112 Å². The van der Waals surface area contributed by atoms with Crippen molar-refractivity contribution < 1.29 is 96.6 Å². The third-order valence-corrected chi connectivity index (χ3v) is 0. The molecule has 0 aliphatic carbocycles. The summed E-state index contributed by atoms with van der Waals surface area (Å²) in [5, 5.41) is 0. The van der Waals surface area contributed by atoms with Gasteiger partial charge >= 0.3 is 83.2 Å². The number of hydrogen-bond acceptors (Lipinski definition) is 0. The smallest absolute Gasteiger partial charge is 1.00 e. The van der Waals surface area contributed by atoms with E-state index in [9.17, 15) is 0 Å². The zero-order chi connectivity index (χ0) is 0. The first-order valence-electron chi connectivity index (χ1n) is 0. The summed E-state index contributed by atoms with van der Waals surface area (Å²) in [4.78, 5) is 0. The molecule has 38 valence electrons. The van der Waals surface area contributed by atoms with Crippen LogP contribution in [0.4, 0.5) is 0 Å². The molecular weight excluding hydrogens is 644 g/mol. The molecule has 6 radical (unpaired) electrons. The zero-order valence-corrected chi connectivity index (χ0v) is 20.4. The normalized spacial score (nSPS) is 0. The van der Waals surface area contributed by atoms with Crippen molar-refractivity contribution in [3.05, 3.63) is 0 Å². The predicted molar refractivity (Wildman–Crippen MR) is 25.3 cm³/mol. The van der Waals surface area contributed by atoms with Gasteiger partial charge in [0.05, 0.1) is 0 Å². The van der Waals surface area contributed by atoms with Gasteiger partial charge in [-0.15, -0.1) is 0 Å². The van der Waals surface area contributed by atoms with Crippen LogP contribution in [0, 0.1) is 35.6 Å². The predicted octanol–water partition coefficient (Wildman–Crippen LogP) is -1.52. The molecule has 0 unspecified atom stereocenters. The van der Waals surface area contributed by atoms with E-state index in [0.717, 1.165) is 0 Å². The quantitative estimate of drug-likeness (QED) is 0.286. The molecule has 0 saturated heterocycles. The molecule has 0 aliphatic heterocycles. The minimum Gasteiger partial charge on any atom is -1.00 e. The maximum absolute atomic E-state index is 0. The molecule has 7 heavy (non-hydrogen) atoms. The van der Waals surface area contributed by atoms with Crippen molar-refractivity contribution >= 4 is 109 Å². The van der Waals surface area contributed by atoms with E-state index in [-0.39, 0.29) is 206 Å². The maximum Gasteiger partial charge on any atom is 2.00 e. The van der Waals surface area contributed by atoms with Gasteiger partial charge in [0.1, 0.15) is 0 Å². The van der Waals surface area contributed by atoms with Crippen LogP contribution >= 0.6 is 0 Å². The van der Waals surface area contributed by atoms with E-state index in [4.69, 9.17) is 0 Å². The SMILES string of the molecule is O.[Bi].[Ca+2].[Cu].[H-].[H-].[H-].[H-].[La].[Sr+2].[Y]. The summed E-state index contributed by atoms with van der Waals surface area (Å²) >= 11 is 0. The molecule has 0 aromatic carbocycles. The van der Waals surface area contributed by atoms with Crippen molar-refractivity contribution in [2.75, 3.05) is 0 Å². The molecule has 0 heterocycles. The van der Waals surface area contributed by atoms with Crippen LogP contribution in [0.2, 0.25) is 0 Å². The Morgan fingerprint density at radius 2 is 1.14 bits per heavy atom. The van der Waals surface area contributed by atoms with E-state index in [2.05, 4.69) is 0 Å². The summed E-state index contributed by atoms with van der Waals surface area (Å²) in [6, 6.07) is 0. The number of rotatable bonds is 0. The van der Waals surface area contributed by atoms with Gasteiger partial charge in [-0.05, 0) is 0 Å². The molecule has 0 aromatic rings. The van der Waals surface area contributed by atoms with E-state index >= 15 is 0 Å². The summed E-state index contributed by atoms with van der Waals surface area (Å²) in [7, 11) is 0. The molecule has 0 fully saturated rings. The van der Waals surface area contributed by atoms with Crippen LogP contribution in [-0.2, 0) is 49.8 Å². The third kappa shape index (κ3) is 32.7. The maximum atomic E-state index is 0. The van der Waals surface area contributed by atoms with E-state index < -0.39 is 0 Å². The third-order valence-electron chi connectivity index (χ3n) is 0. The Balaban J connectivity index is 0. The Morgan fingerprint density at radius 1 is 1.14 bits per heavy atom. The molecule has 2 N–H and O–H groups in total. The molecule has 0 rings (SSSR count). The van der Waals surface area contributed by atoms with Crippen LogP contribution in [0.3, 0.4) is 0 Å². The molecule has 0 saturated carbocycles. The van der Waals surface area contributed by atoms with Crippen molar-refractivity contribution in [1.29, 1.82) is 0 Å². The molecule has 0 bridgehead atoms. The fraction of sp³-hybridized carbons (Fsp3) is 0. The van der Waals surface area contributed by atoms with Crippen LogP contribution in [0.25, 0.3) is 0 Å². The largest absolute Gasteiger partial charge is 2.00 e. The summed E-state index contributed by atoms with van der Waals surface area (Å²) in [6.45, 7) is 0. The van der Waals surface area contributed by atoms with E-state index in [1.165, 1.54) is 0 Å². The fourth-order valence-corrected chi connectivity index (χ4v) is 0. The Kier molecular flexibility index (Phi) is 283. The molecule has 0 aromatic heterocycles. The van der Waals surface area contributed by atoms with Crippen molar-refractivity contribution in [3.8, 4) is 0 Å². The Morgan fingerprint density at radius 3 is 1.14 bits per heavy atom. The number of hydrogen-bond donors (Lipinski definition) is 0. The van der Waals surface area contributed by atoms with Crippen LogP contribution in [-0.4, -0.2) is 115 Å². The minimum atomic E-state index is 0. The molecule has 0 spiro atoms. The summed E-state index contributed by atoms with van der Waals surface area (Å²) in [6.07, 6.45) is 0. The summed E-state index contributed by atoms with van der Waals surface area (Å²) in [5.41, 5.74) is 0. The van der Waals surface area contributed by atoms with Crippen molar-refractivity contribution in [1.82, 2.24) is 0 Å². The van der Waals surface area contributed by atoms with Crippen molar-refractivity contribution in [2.24, 2.45) is 0 Å². The van der Waals surface area contributed by atoms with Gasteiger partial charge in [-0.3, -0.25) is 0 Å². The van der Waals surface area contributed by atoms with E-state index in [1.54, 1.807) is 0 Å². The Bertz CT molecular complexity index is 30.1. The van der Waals surface area contributed by atoms with E-state index in [1.807, 2.05) is 0 Å². The second-order valence-electron chi connectivity index (χ2n) is 0. The Labute approximate surface area is 200 Å². The van der Waals surface area contributed by atoms with Gasteiger partial charge in [0.15, 0.2) is 0 Å². The van der Waals surface area contributed by atoms with Gasteiger partial charge in [-0.25, -0.2) is 0 Å². The molecule has 7 heteroatoms. The molecule has 0 aliphatic rings. The summed E-state index contributed by atoms with van der Waals surface area (Å²) < 4.78 is 0. The minimum absolute atomic E-state index is 0. The van der Waals surface area contributed by atoms with Gasteiger partial charge in [0.2, 0.25) is 0 Å². The zero-order valence-electron chi connectivity index (χ0n) is 7.82. The molecule has 0 amide bonds. The van der Waals surface area contributed by atoms with Gasteiger partial charge in [0.25, 0.3) is 0 Å². The van der Waals surface area contributed by atoms with Crippen LogP contribution in [0.15, 0.2) is 0 Å². The van der Waals surface area contributed by atoms with Gasteiger partial charge in [-0.2, -0.15) is 0 Å². The first kappa shape index (κ1) is 50.3. The van der Waals surface area contributed by atoms with Gasteiger partial charge < -0.3 is 11.2 Å². The average Bonchev–Trinajstić information content (AvgIpc) is 0.